The Kier molecular flexibility index (Phi) is 5.21. The molecule has 0 heterocycles. The number of aliphatic hydroxyl groups is 1. The fourth-order valence-electron chi connectivity index (χ4n) is 1.51. The van der Waals surface area contributed by atoms with Gasteiger partial charge in [0.1, 0.15) is 17.6 Å². The molecule has 1 rings (SSSR count). The summed E-state index contributed by atoms with van der Waals surface area (Å²) in [5.74, 6) is 1.20. The van der Waals surface area contributed by atoms with Gasteiger partial charge in [0.2, 0.25) is 0 Å². The lowest BCUT2D eigenvalue weighted by molar-refractivity contribution is -0.166. The summed E-state index contributed by atoms with van der Waals surface area (Å²) in [4.78, 5) is 0. The van der Waals surface area contributed by atoms with Crippen molar-refractivity contribution in [2.24, 2.45) is 0 Å². The lowest BCUT2D eigenvalue weighted by Gasteiger charge is -2.21. The largest absolute Gasteiger partial charge is 0.497 e. The van der Waals surface area contributed by atoms with E-state index >= 15 is 0 Å². The van der Waals surface area contributed by atoms with Crippen molar-refractivity contribution in [2.75, 3.05) is 28.4 Å². The van der Waals surface area contributed by atoms with Crippen LogP contribution in [-0.2, 0) is 9.47 Å². The van der Waals surface area contributed by atoms with Gasteiger partial charge in [0.05, 0.1) is 14.2 Å². The topological polar surface area (TPSA) is 57.2 Å². The normalized spacial score (nSPS) is 12.6. The lowest BCUT2D eigenvalue weighted by atomic mass is 10.1. The molecule has 0 aromatic heterocycles. The molecule has 0 amide bonds. The van der Waals surface area contributed by atoms with Gasteiger partial charge in [-0.1, -0.05) is 0 Å². The van der Waals surface area contributed by atoms with Crippen molar-refractivity contribution in [3.8, 4) is 11.5 Å². The Balaban J connectivity index is 3.02. The molecular weight excluding hydrogens is 224 g/mol. The molecular formula is C12H18O5. The maximum Gasteiger partial charge on any atom is 0.187 e. The van der Waals surface area contributed by atoms with Crippen LogP contribution in [-0.4, -0.2) is 39.8 Å². The Bertz CT molecular complexity index is 326. The summed E-state index contributed by atoms with van der Waals surface area (Å²) in [5, 5.41) is 10.1. The van der Waals surface area contributed by atoms with Crippen LogP contribution in [0.4, 0.5) is 0 Å². The Morgan fingerprint density at radius 2 is 1.35 bits per heavy atom. The summed E-state index contributed by atoms with van der Waals surface area (Å²) < 4.78 is 20.3. The molecule has 5 heteroatoms. The van der Waals surface area contributed by atoms with Crippen molar-refractivity contribution in [1.29, 1.82) is 0 Å². The standard InChI is InChI=1S/C12H18O5/c1-14-9-5-8(6-10(7-9)15-2)11(13)12(16-3)17-4/h5-7,11-13H,1-4H3. The van der Waals surface area contributed by atoms with Crippen LogP contribution < -0.4 is 9.47 Å². The van der Waals surface area contributed by atoms with Gasteiger partial charge in [-0.3, -0.25) is 0 Å². The van der Waals surface area contributed by atoms with Gasteiger partial charge in [0.15, 0.2) is 6.29 Å². The highest BCUT2D eigenvalue weighted by atomic mass is 16.7. The fraction of sp³-hybridized carbons (Fsp3) is 0.500. The van der Waals surface area contributed by atoms with E-state index in [4.69, 9.17) is 18.9 Å². The van der Waals surface area contributed by atoms with E-state index in [1.54, 1.807) is 32.4 Å². The second kappa shape index (κ2) is 6.44. The third-order valence-corrected chi connectivity index (χ3v) is 2.44. The number of aliphatic hydroxyl groups excluding tert-OH is 1. The predicted octanol–water partition coefficient (Wildman–Crippen LogP) is 1.36. The van der Waals surface area contributed by atoms with Crippen molar-refractivity contribution in [3.63, 3.8) is 0 Å². The highest BCUT2D eigenvalue weighted by molar-refractivity contribution is 5.39. The zero-order chi connectivity index (χ0) is 12.8. The zero-order valence-electron chi connectivity index (χ0n) is 10.5. The van der Waals surface area contributed by atoms with Gasteiger partial charge in [-0.15, -0.1) is 0 Å². The molecule has 1 aromatic carbocycles. The van der Waals surface area contributed by atoms with Crippen LogP contribution in [0.1, 0.15) is 11.7 Å². The summed E-state index contributed by atoms with van der Waals surface area (Å²) >= 11 is 0. The summed E-state index contributed by atoms with van der Waals surface area (Å²) in [6.45, 7) is 0. The van der Waals surface area contributed by atoms with E-state index in [2.05, 4.69) is 0 Å². The molecule has 0 spiro atoms. The average molecular weight is 242 g/mol. The number of benzene rings is 1. The molecule has 1 unspecified atom stereocenters. The van der Waals surface area contributed by atoms with E-state index in [9.17, 15) is 5.11 Å². The first-order valence-corrected chi connectivity index (χ1v) is 5.12. The first-order valence-electron chi connectivity index (χ1n) is 5.12. The molecule has 17 heavy (non-hydrogen) atoms. The third kappa shape index (κ3) is 3.33. The maximum absolute atomic E-state index is 10.1. The molecule has 0 bridgehead atoms. The first-order chi connectivity index (χ1) is 8.15. The fourth-order valence-corrected chi connectivity index (χ4v) is 1.51. The lowest BCUT2D eigenvalue weighted by Crippen LogP contribution is -2.22. The van der Waals surface area contributed by atoms with Crippen molar-refractivity contribution < 1.29 is 24.1 Å². The molecule has 0 fully saturated rings. The van der Waals surface area contributed by atoms with Gasteiger partial charge < -0.3 is 24.1 Å². The summed E-state index contributed by atoms with van der Waals surface area (Å²) in [6, 6.07) is 5.14. The van der Waals surface area contributed by atoms with Crippen LogP contribution in [0.25, 0.3) is 0 Å². The SMILES string of the molecule is COc1cc(OC)cc(C(O)C(OC)OC)c1. The van der Waals surface area contributed by atoms with Crippen LogP contribution in [0, 0.1) is 0 Å². The monoisotopic (exact) mass is 242 g/mol. The first kappa shape index (κ1) is 13.8. The number of methoxy groups -OCH3 is 4. The van der Waals surface area contributed by atoms with Crippen molar-refractivity contribution >= 4 is 0 Å². The van der Waals surface area contributed by atoms with E-state index < -0.39 is 12.4 Å². The zero-order valence-corrected chi connectivity index (χ0v) is 10.5. The van der Waals surface area contributed by atoms with Crippen molar-refractivity contribution in [1.82, 2.24) is 0 Å². The van der Waals surface area contributed by atoms with Crippen LogP contribution in [0.2, 0.25) is 0 Å². The summed E-state index contributed by atoms with van der Waals surface area (Å²) in [7, 11) is 6.04. The van der Waals surface area contributed by atoms with Crippen LogP contribution >= 0.6 is 0 Å². The van der Waals surface area contributed by atoms with Gasteiger partial charge >= 0.3 is 0 Å². The highest BCUT2D eigenvalue weighted by Crippen LogP contribution is 2.28. The second-order valence-electron chi connectivity index (χ2n) is 3.43. The average Bonchev–Trinajstić information content (AvgIpc) is 2.39. The molecule has 0 aliphatic rings. The van der Waals surface area contributed by atoms with Gasteiger partial charge in [0.25, 0.3) is 0 Å². The molecule has 0 radical (unpaired) electrons. The molecule has 0 saturated heterocycles. The Morgan fingerprint density at radius 1 is 0.882 bits per heavy atom. The minimum absolute atomic E-state index is 0.601. The van der Waals surface area contributed by atoms with Crippen LogP contribution in [0.15, 0.2) is 18.2 Å². The minimum Gasteiger partial charge on any atom is -0.497 e. The van der Waals surface area contributed by atoms with E-state index in [-0.39, 0.29) is 0 Å². The van der Waals surface area contributed by atoms with Gasteiger partial charge in [-0.05, 0) is 17.7 Å². The smallest absolute Gasteiger partial charge is 0.187 e. The van der Waals surface area contributed by atoms with E-state index in [1.807, 2.05) is 0 Å². The third-order valence-electron chi connectivity index (χ3n) is 2.44. The van der Waals surface area contributed by atoms with Gasteiger partial charge in [-0.25, -0.2) is 0 Å². The quantitative estimate of drug-likeness (QED) is 0.763. The van der Waals surface area contributed by atoms with Gasteiger partial charge in [0, 0.05) is 20.3 Å². The Morgan fingerprint density at radius 3 is 1.71 bits per heavy atom. The van der Waals surface area contributed by atoms with E-state index in [0.717, 1.165) is 0 Å². The molecule has 1 atom stereocenters. The number of hydrogen-bond donors (Lipinski definition) is 1. The summed E-state index contributed by atoms with van der Waals surface area (Å²) in [5.41, 5.74) is 0.606. The van der Waals surface area contributed by atoms with Crippen molar-refractivity contribution in [3.05, 3.63) is 23.8 Å². The summed E-state index contributed by atoms with van der Waals surface area (Å²) in [6.07, 6.45) is -1.64. The van der Waals surface area contributed by atoms with Gasteiger partial charge in [-0.2, -0.15) is 0 Å². The number of hydrogen-bond acceptors (Lipinski definition) is 5. The molecule has 96 valence electrons. The van der Waals surface area contributed by atoms with Crippen molar-refractivity contribution in [2.45, 2.75) is 12.4 Å². The highest BCUT2D eigenvalue weighted by Gasteiger charge is 2.21. The van der Waals surface area contributed by atoms with E-state index in [0.29, 0.717) is 17.1 Å². The van der Waals surface area contributed by atoms with Crippen LogP contribution in [0.3, 0.4) is 0 Å². The molecule has 0 saturated carbocycles. The predicted molar refractivity (Wildman–Crippen MR) is 62.3 cm³/mol. The Hall–Kier alpha value is -1.30. The van der Waals surface area contributed by atoms with Crippen LogP contribution in [0.5, 0.6) is 11.5 Å². The number of rotatable bonds is 6. The van der Waals surface area contributed by atoms with E-state index in [1.165, 1.54) is 14.2 Å². The Labute approximate surface area is 101 Å². The maximum atomic E-state index is 10.1. The second-order valence-corrected chi connectivity index (χ2v) is 3.43. The molecule has 1 aromatic rings. The minimum atomic E-state index is -0.908. The number of ether oxygens (including phenoxy) is 4. The molecule has 5 nitrogen and oxygen atoms in total. The molecule has 0 aliphatic carbocycles. The molecule has 1 N–H and O–H groups in total. The molecule has 0 aliphatic heterocycles.